The quantitative estimate of drug-likeness (QED) is 0.767. The molecule has 0 unspecified atom stereocenters. The zero-order valence-electron chi connectivity index (χ0n) is 8.43. The van der Waals surface area contributed by atoms with Crippen molar-refractivity contribution in [2.45, 2.75) is 6.54 Å². The van der Waals surface area contributed by atoms with E-state index in [1.54, 1.807) is 18.3 Å². The van der Waals surface area contributed by atoms with E-state index in [0.29, 0.717) is 17.8 Å². The SMILES string of the molecule is Nc1cc(F)ccc1Cn1cccnc1=O. The summed E-state index contributed by atoms with van der Waals surface area (Å²) in [4.78, 5) is 15.0. The normalized spacial score (nSPS) is 10.3. The van der Waals surface area contributed by atoms with E-state index >= 15 is 0 Å². The van der Waals surface area contributed by atoms with E-state index < -0.39 is 0 Å². The number of nitrogen functional groups attached to an aromatic ring is 1. The van der Waals surface area contributed by atoms with Crippen LogP contribution < -0.4 is 11.4 Å². The van der Waals surface area contributed by atoms with Crippen molar-refractivity contribution < 1.29 is 4.39 Å². The molecule has 0 bridgehead atoms. The second-order valence-electron chi connectivity index (χ2n) is 3.37. The number of nitrogens with zero attached hydrogens (tertiary/aromatic N) is 2. The maximum Gasteiger partial charge on any atom is 0.347 e. The van der Waals surface area contributed by atoms with Crippen molar-refractivity contribution in [2.24, 2.45) is 0 Å². The van der Waals surface area contributed by atoms with Crippen LogP contribution >= 0.6 is 0 Å². The zero-order chi connectivity index (χ0) is 11.5. The lowest BCUT2D eigenvalue weighted by Gasteiger charge is -2.07. The van der Waals surface area contributed by atoms with Crippen molar-refractivity contribution in [3.05, 3.63) is 58.5 Å². The fraction of sp³-hybridized carbons (Fsp3) is 0.0909. The van der Waals surface area contributed by atoms with Crippen LogP contribution in [0.1, 0.15) is 5.56 Å². The summed E-state index contributed by atoms with van der Waals surface area (Å²) >= 11 is 0. The fourth-order valence-electron chi connectivity index (χ4n) is 1.40. The van der Waals surface area contributed by atoms with Crippen molar-refractivity contribution in [3.63, 3.8) is 0 Å². The minimum atomic E-state index is -0.389. The smallest absolute Gasteiger partial charge is 0.347 e. The summed E-state index contributed by atoms with van der Waals surface area (Å²) in [5, 5.41) is 0. The van der Waals surface area contributed by atoms with Gasteiger partial charge in [-0.2, -0.15) is 0 Å². The zero-order valence-corrected chi connectivity index (χ0v) is 8.43. The van der Waals surface area contributed by atoms with E-state index in [-0.39, 0.29) is 11.5 Å². The molecule has 0 fully saturated rings. The Hall–Kier alpha value is -2.17. The number of hydrogen-bond donors (Lipinski definition) is 1. The average molecular weight is 219 g/mol. The summed E-state index contributed by atoms with van der Waals surface area (Å²) in [7, 11) is 0. The Morgan fingerprint density at radius 2 is 2.25 bits per heavy atom. The van der Waals surface area contributed by atoms with E-state index in [1.807, 2.05) is 0 Å². The minimum absolute atomic E-state index is 0.290. The molecule has 0 aliphatic carbocycles. The number of benzene rings is 1. The predicted molar refractivity (Wildman–Crippen MR) is 58.4 cm³/mol. The topological polar surface area (TPSA) is 60.9 Å². The molecule has 16 heavy (non-hydrogen) atoms. The van der Waals surface area contributed by atoms with Crippen LogP contribution in [-0.2, 0) is 6.54 Å². The molecule has 0 atom stereocenters. The molecule has 0 saturated carbocycles. The maximum absolute atomic E-state index is 12.8. The van der Waals surface area contributed by atoms with Gasteiger partial charge in [-0.1, -0.05) is 6.07 Å². The third-order valence-electron chi connectivity index (χ3n) is 2.23. The van der Waals surface area contributed by atoms with Gasteiger partial charge in [-0.3, -0.25) is 4.57 Å². The van der Waals surface area contributed by atoms with E-state index in [0.717, 1.165) is 0 Å². The molecule has 0 aliphatic heterocycles. The summed E-state index contributed by atoms with van der Waals surface area (Å²) in [6, 6.07) is 5.76. The molecule has 4 nitrogen and oxygen atoms in total. The van der Waals surface area contributed by atoms with E-state index in [9.17, 15) is 9.18 Å². The van der Waals surface area contributed by atoms with Crippen LogP contribution in [0.4, 0.5) is 10.1 Å². The number of halogens is 1. The van der Waals surface area contributed by atoms with Gasteiger partial charge in [0.15, 0.2) is 0 Å². The summed E-state index contributed by atoms with van der Waals surface area (Å²) < 4.78 is 14.2. The highest BCUT2D eigenvalue weighted by molar-refractivity contribution is 5.46. The number of anilines is 1. The third-order valence-corrected chi connectivity index (χ3v) is 2.23. The Balaban J connectivity index is 2.35. The van der Waals surface area contributed by atoms with Crippen LogP contribution in [0.3, 0.4) is 0 Å². The molecule has 82 valence electrons. The molecular formula is C11H10FN3O. The summed E-state index contributed by atoms with van der Waals surface area (Å²) in [5.41, 5.74) is 6.31. The van der Waals surface area contributed by atoms with Gasteiger partial charge in [-0.05, 0) is 23.8 Å². The molecule has 0 amide bonds. The van der Waals surface area contributed by atoms with Gasteiger partial charge in [0, 0.05) is 18.1 Å². The average Bonchev–Trinajstić information content (AvgIpc) is 2.25. The summed E-state index contributed by atoms with van der Waals surface area (Å²) in [5.74, 6) is -0.389. The van der Waals surface area contributed by atoms with Gasteiger partial charge >= 0.3 is 5.69 Å². The number of hydrogen-bond acceptors (Lipinski definition) is 3. The first-order chi connectivity index (χ1) is 7.66. The fourth-order valence-corrected chi connectivity index (χ4v) is 1.40. The van der Waals surface area contributed by atoms with Crippen LogP contribution in [-0.4, -0.2) is 9.55 Å². The van der Waals surface area contributed by atoms with Crippen molar-refractivity contribution in [1.82, 2.24) is 9.55 Å². The highest BCUT2D eigenvalue weighted by Gasteiger charge is 2.03. The monoisotopic (exact) mass is 219 g/mol. The first kappa shape index (κ1) is 10.4. The molecule has 1 aromatic carbocycles. The Bertz CT molecular complexity index is 565. The van der Waals surface area contributed by atoms with Gasteiger partial charge in [-0.15, -0.1) is 0 Å². The standard InChI is InChI=1S/C11H10FN3O/c12-9-3-2-8(10(13)6-9)7-15-5-1-4-14-11(15)16/h1-6H,7,13H2. The van der Waals surface area contributed by atoms with Crippen LogP contribution in [0.5, 0.6) is 0 Å². The summed E-state index contributed by atoms with van der Waals surface area (Å²) in [6.45, 7) is 0.290. The Morgan fingerprint density at radius 1 is 1.44 bits per heavy atom. The van der Waals surface area contributed by atoms with Crippen LogP contribution in [0.2, 0.25) is 0 Å². The lowest BCUT2D eigenvalue weighted by Crippen LogP contribution is -2.22. The number of rotatable bonds is 2. The van der Waals surface area contributed by atoms with Crippen LogP contribution in [0.25, 0.3) is 0 Å². The first-order valence-corrected chi connectivity index (χ1v) is 4.72. The molecule has 1 aromatic heterocycles. The van der Waals surface area contributed by atoms with E-state index in [2.05, 4.69) is 4.98 Å². The van der Waals surface area contributed by atoms with Crippen molar-refractivity contribution in [3.8, 4) is 0 Å². The lowest BCUT2D eigenvalue weighted by molar-refractivity contribution is 0.626. The molecule has 5 heteroatoms. The summed E-state index contributed by atoms with van der Waals surface area (Å²) in [6.07, 6.45) is 3.03. The van der Waals surface area contributed by atoms with Crippen molar-refractivity contribution in [1.29, 1.82) is 0 Å². The van der Waals surface area contributed by atoms with Crippen molar-refractivity contribution >= 4 is 5.69 Å². The minimum Gasteiger partial charge on any atom is -0.398 e. The van der Waals surface area contributed by atoms with Gasteiger partial charge in [0.25, 0.3) is 0 Å². The highest BCUT2D eigenvalue weighted by Crippen LogP contribution is 2.13. The number of nitrogens with two attached hydrogens (primary N) is 1. The Kier molecular flexibility index (Phi) is 2.68. The molecule has 0 spiro atoms. The molecular weight excluding hydrogens is 209 g/mol. The second-order valence-corrected chi connectivity index (χ2v) is 3.37. The Labute approximate surface area is 91.2 Å². The molecule has 2 rings (SSSR count). The molecule has 0 aliphatic rings. The van der Waals surface area contributed by atoms with Gasteiger partial charge in [-0.25, -0.2) is 14.2 Å². The Morgan fingerprint density at radius 3 is 2.94 bits per heavy atom. The highest BCUT2D eigenvalue weighted by atomic mass is 19.1. The van der Waals surface area contributed by atoms with Gasteiger partial charge in [0.05, 0.1) is 6.54 Å². The second kappa shape index (κ2) is 4.14. The molecule has 1 heterocycles. The third kappa shape index (κ3) is 2.08. The number of aromatic nitrogens is 2. The maximum atomic E-state index is 12.8. The largest absolute Gasteiger partial charge is 0.398 e. The van der Waals surface area contributed by atoms with Gasteiger partial charge in [0.1, 0.15) is 5.82 Å². The van der Waals surface area contributed by atoms with E-state index in [1.165, 1.54) is 22.9 Å². The molecule has 0 saturated heterocycles. The molecule has 0 radical (unpaired) electrons. The predicted octanol–water partition coefficient (Wildman–Crippen LogP) is 1.01. The molecule has 2 N–H and O–H groups in total. The van der Waals surface area contributed by atoms with Crippen molar-refractivity contribution in [2.75, 3.05) is 5.73 Å². The van der Waals surface area contributed by atoms with Gasteiger partial charge in [0.2, 0.25) is 0 Å². The van der Waals surface area contributed by atoms with Gasteiger partial charge < -0.3 is 5.73 Å². The van der Waals surface area contributed by atoms with Crippen LogP contribution in [0.15, 0.2) is 41.5 Å². The first-order valence-electron chi connectivity index (χ1n) is 4.72. The van der Waals surface area contributed by atoms with E-state index in [4.69, 9.17) is 5.73 Å². The lowest BCUT2D eigenvalue weighted by atomic mass is 10.2. The van der Waals surface area contributed by atoms with Crippen LogP contribution in [0, 0.1) is 5.82 Å². The molecule has 2 aromatic rings.